The quantitative estimate of drug-likeness (QED) is 0.206. The van der Waals surface area contributed by atoms with Crippen LogP contribution in [0, 0.1) is 0 Å². The van der Waals surface area contributed by atoms with Gasteiger partial charge in [-0.05, 0) is 0 Å². The Labute approximate surface area is 280 Å². The molecule has 0 aliphatic rings. The zero-order valence-electron chi connectivity index (χ0n) is 11.1. The first kappa shape index (κ1) is 509. The normalized spacial score (nSPS) is 0. The number of rotatable bonds is 0. The molecule has 0 amide bonds. The molecule has 0 aliphatic carbocycles. The molecule has 0 aromatic carbocycles. The molecule has 0 spiro atoms. The molecule has 0 fully saturated rings. The largest absolute Gasteiger partial charge is 2.00 e. The summed E-state index contributed by atoms with van der Waals surface area (Å²) in [6, 6.07) is 0. The van der Waals surface area contributed by atoms with Crippen molar-refractivity contribution in [3.05, 3.63) is 0 Å². The topological polar surface area (TPSA) is 454 Å². The van der Waals surface area contributed by atoms with Crippen LogP contribution in [0.3, 0.4) is 0 Å². The third-order valence-corrected chi connectivity index (χ3v) is 0. The predicted octanol–water partition coefficient (Wildman–Crippen LogP) is -5.75. The van der Waals surface area contributed by atoms with Crippen LogP contribution in [0.2, 0.25) is 0 Å². The van der Waals surface area contributed by atoms with E-state index in [0.717, 1.165) is 0 Å². The van der Waals surface area contributed by atoms with Gasteiger partial charge in [0.05, 0.1) is 0 Å². The zero-order chi connectivity index (χ0) is 0. The fourth-order valence-corrected chi connectivity index (χ4v) is 0. The van der Waals surface area contributed by atoms with E-state index in [4.69, 9.17) is 0 Å². The fraction of sp³-hybridized carbons (Fsp3) is 0. The molecule has 0 heterocycles. The Kier molecular flexibility index (Phi) is 11000. The van der Waals surface area contributed by atoms with E-state index in [1.807, 2.05) is 0 Å². The second-order valence-corrected chi connectivity index (χ2v) is 0. The van der Waals surface area contributed by atoms with Gasteiger partial charge in [0.25, 0.3) is 0 Å². The summed E-state index contributed by atoms with van der Waals surface area (Å²) in [7, 11) is 0. The molecule has 0 unspecified atom stereocenters. The first-order chi connectivity index (χ1) is 0. The molecule has 0 atom stereocenters. The summed E-state index contributed by atoms with van der Waals surface area (Å²) in [6.45, 7) is 0. The Balaban J connectivity index is 0. The van der Waals surface area contributed by atoms with Crippen LogP contribution in [0.25, 0.3) is 0 Å². The van der Waals surface area contributed by atoms with Gasteiger partial charge in [-0.2, -0.15) is 0 Å². The van der Waals surface area contributed by atoms with Gasteiger partial charge in [0.2, 0.25) is 0 Å². The second-order valence-electron chi connectivity index (χ2n) is 0. The average molecular weight is 866 g/mol. The molecule has 0 saturated heterocycles. The minimum Gasteiger partial charge on any atom is -0.870 e. The maximum atomic E-state index is 0. The Hall–Kier alpha value is 5.98. The van der Waals surface area contributed by atoms with Crippen LogP contribution < -0.4 is 0 Å². The summed E-state index contributed by atoms with van der Waals surface area (Å²) in [6.07, 6.45) is 0. The maximum absolute atomic E-state index is 0. The van der Waals surface area contributed by atoms with Crippen LogP contribution in [0.1, 0.15) is 0 Å². The van der Waals surface area contributed by atoms with Crippen LogP contribution in [0.5, 0.6) is 0 Å². The van der Waals surface area contributed by atoms with Gasteiger partial charge in [0.1, 0.15) is 0 Å². The molecular formula is H18Ba3O15Zn3. The summed E-state index contributed by atoms with van der Waals surface area (Å²) in [4.78, 5) is 0. The molecule has 120 valence electrons. The molecular weight excluding hydrogens is 848 g/mol. The maximum Gasteiger partial charge on any atom is 2.00 e. The summed E-state index contributed by atoms with van der Waals surface area (Å²) in [5, 5.41) is 0. The molecule has 0 saturated carbocycles. The van der Waals surface area contributed by atoms with E-state index >= 15 is 0 Å². The van der Waals surface area contributed by atoms with Gasteiger partial charge in [-0.15, -0.1) is 0 Å². The smallest absolute Gasteiger partial charge is 0.870 e. The van der Waals surface area contributed by atoms with Gasteiger partial charge in [-0.3, -0.25) is 0 Å². The SMILES string of the molecule is O.O.O.[Ba+2].[Ba+2].[Ba+2].[OH-].[OH-].[OH-].[OH-].[OH-].[OH-].[OH-].[OH-].[OH-].[OH-].[OH-].[OH-].[Zn+2].[Zn+2].[Zn+2]. The van der Waals surface area contributed by atoms with Gasteiger partial charge in [0, 0.05) is 0 Å². The van der Waals surface area contributed by atoms with E-state index in [0.29, 0.717) is 0 Å². The monoisotopic (exact) mass is 864 g/mol. The van der Waals surface area contributed by atoms with Gasteiger partial charge in [0.15, 0.2) is 0 Å². The third-order valence-electron chi connectivity index (χ3n) is 0. The summed E-state index contributed by atoms with van der Waals surface area (Å²) in [5.41, 5.74) is 0. The van der Waals surface area contributed by atoms with Crippen molar-refractivity contribution in [2.24, 2.45) is 0 Å². The van der Waals surface area contributed by atoms with Crippen molar-refractivity contribution in [2.75, 3.05) is 0 Å². The molecule has 0 radical (unpaired) electrons. The van der Waals surface area contributed by atoms with Crippen LogP contribution in [0.4, 0.5) is 0 Å². The van der Waals surface area contributed by atoms with E-state index in [2.05, 4.69) is 0 Å². The van der Waals surface area contributed by atoms with E-state index in [-0.39, 0.29) is 287 Å². The van der Waals surface area contributed by atoms with Gasteiger partial charge in [-0.25, -0.2) is 0 Å². The Bertz CT molecular complexity index is 24.1. The first-order valence-corrected chi connectivity index (χ1v) is 0. The molecule has 21 heavy (non-hydrogen) atoms. The van der Waals surface area contributed by atoms with Crippen LogP contribution in [0.15, 0.2) is 0 Å². The van der Waals surface area contributed by atoms with Crippen molar-refractivity contribution in [3.63, 3.8) is 0 Å². The third kappa shape index (κ3) is 417. The van der Waals surface area contributed by atoms with E-state index in [1.165, 1.54) is 0 Å². The molecule has 0 aromatic heterocycles. The molecule has 15 nitrogen and oxygen atoms in total. The molecule has 0 rings (SSSR count). The van der Waals surface area contributed by atoms with Crippen molar-refractivity contribution < 1.29 is 141 Å². The van der Waals surface area contributed by atoms with Crippen molar-refractivity contribution in [1.29, 1.82) is 0 Å². The standard InChI is InChI=1S/3Ba.15H2O.3Zn/h;;;15*1H2;;;/q3*+2;;;;;;;;;;;;;;;;3*+2/p-12. The fourth-order valence-electron chi connectivity index (χ4n) is 0. The van der Waals surface area contributed by atoms with Gasteiger partial charge in [-0.1, -0.05) is 0 Å². The van der Waals surface area contributed by atoms with E-state index < -0.39 is 0 Å². The molecule has 0 aliphatic heterocycles. The minimum atomic E-state index is 0. The van der Waals surface area contributed by atoms with E-state index in [1.54, 1.807) is 0 Å². The van der Waals surface area contributed by atoms with Crippen molar-refractivity contribution >= 4 is 147 Å². The van der Waals surface area contributed by atoms with Crippen LogP contribution in [-0.2, 0) is 58.4 Å². The summed E-state index contributed by atoms with van der Waals surface area (Å²) < 4.78 is 0. The number of hydrogen-bond acceptors (Lipinski definition) is 12. The van der Waals surface area contributed by atoms with Gasteiger partial charge < -0.3 is 82.1 Å². The van der Waals surface area contributed by atoms with Crippen LogP contribution in [-0.4, -0.2) is 229 Å². The van der Waals surface area contributed by atoms with Gasteiger partial charge >= 0.3 is 205 Å². The zero-order valence-corrected chi connectivity index (χ0v) is 33.3. The number of hydrogen-bond donors (Lipinski definition) is 0. The molecule has 21 heteroatoms. The Morgan fingerprint density at radius 3 is 0.190 bits per heavy atom. The molecule has 0 aromatic rings. The average Bonchev–Trinajstić information content (AvgIpc) is 0. The first-order valence-electron chi connectivity index (χ1n) is 0. The summed E-state index contributed by atoms with van der Waals surface area (Å²) >= 11 is 0. The Morgan fingerprint density at radius 1 is 0.190 bits per heavy atom. The second kappa shape index (κ2) is 453. The molecule has 0 bridgehead atoms. The van der Waals surface area contributed by atoms with Crippen molar-refractivity contribution in [2.45, 2.75) is 0 Å². The van der Waals surface area contributed by atoms with Crippen molar-refractivity contribution in [1.82, 2.24) is 0 Å². The molecule has 18 N–H and O–H groups in total. The summed E-state index contributed by atoms with van der Waals surface area (Å²) in [5.74, 6) is 0. The predicted molar refractivity (Wildman–Crippen MR) is 51.3 cm³/mol. The van der Waals surface area contributed by atoms with E-state index in [9.17, 15) is 0 Å². The van der Waals surface area contributed by atoms with Crippen LogP contribution >= 0.6 is 0 Å². The van der Waals surface area contributed by atoms with Crippen molar-refractivity contribution in [3.8, 4) is 0 Å². The minimum absolute atomic E-state index is 0. The Morgan fingerprint density at radius 2 is 0.190 bits per heavy atom.